The molecule has 0 rings (SSSR count). The predicted molar refractivity (Wildman–Crippen MR) is 135 cm³/mol. The van der Waals surface area contributed by atoms with Crippen LogP contribution in [0.15, 0.2) is 0 Å². The summed E-state index contributed by atoms with van der Waals surface area (Å²) in [6, 6.07) is 0.541. The molecule has 0 aromatic heterocycles. The van der Waals surface area contributed by atoms with Crippen molar-refractivity contribution in [2.75, 3.05) is 13.1 Å². The van der Waals surface area contributed by atoms with E-state index in [1.54, 1.807) is 0 Å². The minimum absolute atomic E-state index is 0.481. The van der Waals surface area contributed by atoms with Crippen molar-refractivity contribution in [1.29, 1.82) is 0 Å². The zero-order valence-corrected chi connectivity index (χ0v) is 21.5. The van der Waals surface area contributed by atoms with Gasteiger partial charge in [-0.2, -0.15) is 0 Å². The number of nitrogens with zero attached hydrogens (tertiary/aromatic N) is 1. The Kier molecular flexibility index (Phi) is 23.0. The van der Waals surface area contributed by atoms with E-state index in [1.807, 2.05) is 0 Å². The average molecular weight is 424 g/mol. The van der Waals surface area contributed by atoms with Crippen LogP contribution in [-0.4, -0.2) is 29.8 Å². The highest BCUT2D eigenvalue weighted by atomic mass is 16.1. The van der Waals surface area contributed by atoms with Crippen molar-refractivity contribution < 1.29 is 4.79 Å². The van der Waals surface area contributed by atoms with E-state index in [0.717, 1.165) is 38.8 Å². The zero-order valence-electron chi connectivity index (χ0n) is 21.5. The van der Waals surface area contributed by atoms with E-state index in [0.29, 0.717) is 11.8 Å². The molecule has 0 amide bonds. The molecule has 0 spiro atoms. The van der Waals surface area contributed by atoms with Gasteiger partial charge in [-0.15, -0.1) is 0 Å². The SMILES string of the molecule is CCCCCCCCCCCCCCCCCCCC(=O)CCC(C)N(CC)CC. The molecule has 0 heterocycles. The van der Waals surface area contributed by atoms with Crippen LogP contribution in [0, 0.1) is 0 Å². The second kappa shape index (κ2) is 23.3. The first kappa shape index (κ1) is 29.6. The van der Waals surface area contributed by atoms with E-state index in [1.165, 1.54) is 103 Å². The lowest BCUT2D eigenvalue weighted by Gasteiger charge is -2.26. The number of carbonyl (C=O) groups excluding carboxylic acids is 1. The molecular formula is C28H57NO. The van der Waals surface area contributed by atoms with Gasteiger partial charge >= 0.3 is 0 Å². The molecule has 2 heteroatoms. The Bertz CT molecular complexity index is 351. The number of unbranched alkanes of at least 4 members (excludes halogenated alkanes) is 16. The first-order valence-electron chi connectivity index (χ1n) is 13.9. The third-order valence-corrected chi connectivity index (χ3v) is 6.84. The van der Waals surface area contributed by atoms with Gasteiger partial charge in [0.15, 0.2) is 0 Å². The van der Waals surface area contributed by atoms with Crippen LogP contribution in [-0.2, 0) is 4.79 Å². The number of carbonyl (C=O) groups is 1. The Labute approximate surface area is 191 Å². The van der Waals surface area contributed by atoms with Crippen molar-refractivity contribution in [3.8, 4) is 0 Å². The summed E-state index contributed by atoms with van der Waals surface area (Å²) in [5.41, 5.74) is 0. The molecule has 0 saturated carbocycles. The summed E-state index contributed by atoms with van der Waals surface area (Å²) in [7, 11) is 0. The van der Waals surface area contributed by atoms with Crippen molar-refractivity contribution >= 4 is 5.78 Å². The summed E-state index contributed by atoms with van der Waals surface area (Å²) < 4.78 is 0. The summed E-state index contributed by atoms with van der Waals surface area (Å²) in [5, 5.41) is 0. The predicted octanol–water partition coefficient (Wildman–Crippen LogP) is 9.11. The molecule has 0 aliphatic heterocycles. The monoisotopic (exact) mass is 423 g/mol. The zero-order chi connectivity index (χ0) is 22.3. The van der Waals surface area contributed by atoms with Gasteiger partial charge in [-0.1, -0.05) is 124 Å². The van der Waals surface area contributed by atoms with Gasteiger partial charge < -0.3 is 4.90 Å². The fourth-order valence-electron chi connectivity index (χ4n) is 4.57. The molecular weight excluding hydrogens is 366 g/mol. The van der Waals surface area contributed by atoms with Crippen molar-refractivity contribution in [2.45, 2.75) is 162 Å². The van der Waals surface area contributed by atoms with E-state index in [9.17, 15) is 4.79 Å². The fraction of sp³-hybridized carbons (Fsp3) is 0.964. The lowest BCUT2D eigenvalue weighted by molar-refractivity contribution is -0.119. The molecule has 1 atom stereocenters. The first-order valence-corrected chi connectivity index (χ1v) is 13.9. The van der Waals surface area contributed by atoms with Crippen LogP contribution in [0.4, 0.5) is 0 Å². The molecule has 0 aromatic carbocycles. The van der Waals surface area contributed by atoms with E-state index in [4.69, 9.17) is 0 Å². The van der Waals surface area contributed by atoms with Gasteiger partial charge in [0.1, 0.15) is 5.78 Å². The largest absolute Gasteiger partial charge is 0.301 e. The summed E-state index contributed by atoms with van der Waals surface area (Å²) >= 11 is 0. The van der Waals surface area contributed by atoms with Crippen molar-refractivity contribution in [3.63, 3.8) is 0 Å². The van der Waals surface area contributed by atoms with Crippen LogP contribution in [0.5, 0.6) is 0 Å². The van der Waals surface area contributed by atoms with Crippen molar-refractivity contribution in [3.05, 3.63) is 0 Å². The molecule has 0 aromatic rings. The summed E-state index contributed by atoms with van der Waals surface area (Å²) in [6.07, 6.45) is 26.3. The number of Topliss-reactive ketones (excluding diaryl/α,β-unsaturated/α-hetero) is 1. The Hall–Kier alpha value is -0.370. The number of rotatable bonds is 24. The first-order chi connectivity index (χ1) is 14.7. The van der Waals surface area contributed by atoms with Gasteiger partial charge in [0.05, 0.1) is 0 Å². The minimum atomic E-state index is 0.481. The smallest absolute Gasteiger partial charge is 0.132 e. The Morgan fingerprint density at radius 3 is 1.30 bits per heavy atom. The highest BCUT2D eigenvalue weighted by molar-refractivity contribution is 5.78. The van der Waals surface area contributed by atoms with Gasteiger partial charge in [0.2, 0.25) is 0 Å². The van der Waals surface area contributed by atoms with Crippen LogP contribution in [0.1, 0.15) is 156 Å². The van der Waals surface area contributed by atoms with E-state index in [-0.39, 0.29) is 0 Å². The minimum Gasteiger partial charge on any atom is -0.301 e. The molecule has 0 aliphatic rings. The normalized spacial score (nSPS) is 12.6. The molecule has 1 unspecified atom stereocenters. The van der Waals surface area contributed by atoms with Crippen molar-refractivity contribution in [1.82, 2.24) is 4.90 Å². The van der Waals surface area contributed by atoms with E-state index >= 15 is 0 Å². The standard InChI is InChI=1S/C28H57NO/c1-5-8-9-10-11-12-13-14-15-16-17-18-19-20-21-22-23-24-28(30)26-25-27(4)29(6-2)7-3/h27H,5-26H2,1-4H3. The number of hydrogen-bond acceptors (Lipinski definition) is 2. The van der Waals surface area contributed by atoms with Gasteiger partial charge in [0.25, 0.3) is 0 Å². The van der Waals surface area contributed by atoms with Crippen molar-refractivity contribution in [2.24, 2.45) is 0 Å². The average Bonchev–Trinajstić information content (AvgIpc) is 2.75. The van der Waals surface area contributed by atoms with Crippen LogP contribution >= 0.6 is 0 Å². The molecule has 180 valence electrons. The van der Waals surface area contributed by atoms with Crippen LogP contribution in [0.2, 0.25) is 0 Å². The van der Waals surface area contributed by atoms with Gasteiger partial charge in [0, 0.05) is 18.9 Å². The van der Waals surface area contributed by atoms with Gasteiger partial charge in [-0.05, 0) is 32.9 Å². The van der Waals surface area contributed by atoms with Crippen LogP contribution in [0.25, 0.3) is 0 Å². The third kappa shape index (κ3) is 19.6. The highest BCUT2D eigenvalue weighted by Crippen LogP contribution is 2.15. The molecule has 0 N–H and O–H groups in total. The van der Waals surface area contributed by atoms with Gasteiger partial charge in [-0.25, -0.2) is 0 Å². The topological polar surface area (TPSA) is 20.3 Å². The van der Waals surface area contributed by atoms with E-state index < -0.39 is 0 Å². The molecule has 0 bridgehead atoms. The molecule has 0 fully saturated rings. The number of ketones is 1. The molecule has 2 nitrogen and oxygen atoms in total. The highest BCUT2D eigenvalue weighted by Gasteiger charge is 2.11. The third-order valence-electron chi connectivity index (χ3n) is 6.84. The second-order valence-corrected chi connectivity index (χ2v) is 9.55. The van der Waals surface area contributed by atoms with Crippen LogP contribution < -0.4 is 0 Å². The maximum Gasteiger partial charge on any atom is 0.132 e. The maximum atomic E-state index is 12.1. The lowest BCUT2D eigenvalue weighted by Crippen LogP contribution is -2.33. The Morgan fingerprint density at radius 2 is 0.933 bits per heavy atom. The quantitative estimate of drug-likeness (QED) is 0.144. The number of hydrogen-bond donors (Lipinski definition) is 0. The molecule has 0 aliphatic carbocycles. The molecule has 30 heavy (non-hydrogen) atoms. The van der Waals surface area contributed by atoms with Crippen LogP contribution in [0.3, 0.4) is 0 Å². The Morgan fingerprint density at radius 1 is 0.567 bits per heavy atom. The maximum absolute atomic E-state index is 12.1. The van der Waals surface area contributed by atoms with E-state index in [2.05, 4.69) is 32.6 Å². The summed E-state index contributed by atoms with van der Waals surface area (Å²) in [4.78, 5) is 14.5. The fourth-order valence-corrected chi connectivity index (χ4v) is 4.57. The molecule has 0 radical (unpaired) electrons. The lowest BCUT2D eigenvalue weighted by atomic mass is 10.0. The van der Waals surface area contributed by atoms with Gasteiger partial charge in [-0.3, -0.25) is 4.79 Å². The Balaban J connectivity index is 3.26. The summed E-state index contributed by atoms with van der Waals surface area (Å²) in [6.45, 7) is 11.1. The summed E-state index contributed by atoms with van der Waals surface area (Å²) in [5.74, 6) is 0.481. The second-order valence-electron chi connectivity index (χ2n) is 9.55. The molecule has 0 saturated heterocycles.